The molecule has 1 aromatic carbocycles. The molecule has 1 aliphatic heterocycles. The van der Waals surface area contributed by atoms with Crippen LogP contribution in [-0.4, -0.2) is 38.6 Å². The van der Waals surface area contributed by atoms with Gasteiger partial charge in [0.25, 0.3) is 5.56 Å². The maximum Gasteiger partial charge on any atom is 0.326 e. The van der Waals surface area contributed by atoms with Crippen LogP contribution >= 0.6 is 11.8 Å². The second-order valence-electron chi connectivity index (χ2n) is 6.06. The molecule has 1 aromatic heterocycles. The second-order valence-corrected chi connectivity index (χ2v) is 7.17. The Labute approximate surface area is 154 Å². The van der Waals surface area contributed by atoms with Crippen LogP contribution in [0, 0.1) is 0 Å². The van der Waals surface area contributed by atoms with Gasteiger partial charge in [0.05, 0.1) is 5.69 Å². The fourth-order valence-electron chi connectivity index (χ4n) is 2.79. The summed E-state index contributed by atoms with van der Waals surface area (Å²) < 4.78 is 1.10. The van der Waals surface area contributed by atoms with Crippen LogP contribution in [0.1, 0.15) is 16.8 Å². The van der Waals surface area contributed by atoms with Gasteiger partial charge in [0.1, 0.15) is 12.6 Å². The zero-order chi connectivity index (χ0) is 18.5. The molecule has 0 fully saturated rings. The highest BCUT2D eigenvalue weighted by Crippen LogP contribution is 2.21. The average molecular weight is 373 g/mol. The van der Waals surface area contributed by atoms with Crippen molar-refractivity contribution in [1.82, 2.24) is 15.1 Å². The number of nitrogens with one attached hydrogen (secondary N) is 1. The van der Waals surface area contributed by atoms with Crippen molar-refractivity contribution in [2.24, 2.45) is 0 Å². The van der Waals surface area contributed by atoms with Gasteiger partial charge in [-0.3, -0.25) is 9.59 Å². The fourth-order valence-corrected chi connectivity index (χ4v) is 3.74. The summed E-state index contributed by atoms with van der Waals surface area (Å²) in [6, 6.07) is 9.51. The molecule has 136 valence electrons. The molecule has 0 spiro atoms. The van der Waals surface area contributed by atoms with Crippen LogP contribution in [0.25, 0.3) is 0 Å². The van der Waals surface area contributed by atoms with E-state index in [4.69, 9.17) is 0 Å². The fraction of sp³-hybridized carbons (Fsp3) is 0.333. The third-order valence-electron chi connectivity index (χ3n) is 4.11. The van der Waals surface area contributed by atoms with Gasteiger partial charge in [-0.05, 0) is 16.9 Å². The van der Waals surface area contributed by atoms with Gasteiger partial charge < -0.3 is 10.4 Å². The Hall–Kier alpha value is -2.61. The number of carboxylic acid groups (broad SMARTS) is 1. The van der Waals surface area contributed by atoms with Crippen LogP contribution in [0.3, 0.4) is 0 Å². The first-order chi connectivity index (χ1) is 12.5. The molecule has 1 unspecified atom stereocenters. The van der Waals surface area contributed by atoms with Crippen LogP contribution in [0.4, 0.5) is 0 Å². The van der Waals surface area contributed by atoms with Crippen molar-refractivity contribution in [2.45, 2.75) is 31.2 Å². The molecular formula is C18H19N3O4S. The van der Waals surface area contributed by atoms with Crippen molar-refractivity contribution in [3.05, 3.63) is 63.6 Å². The maximum atomic E-state index is 12.3. The molecule has 0 radical (unpaired) electrons. The van der Waals surface area contributed by atoms with Crippen LogP contribution in [-0.2, 0) is 34.7 Å². The molecular weight excluding hydrogens is 354 g/mol. The average Bonchev–Trinajstić information content (AvgIpc) is 2.62. The summed E-state index contributed by atoms with van der Waals surface area (Å²) in [5.74, 6) is 0.0174. The number of aromatic nitrogens is 2. The number of nitrogens with zero attached hydrogens (tertiary/aromatic N) is 2. The molecule has 8 heteroatoms. The van der Waals surface area contributed by atoms with Gasteiger partial charge in [0.2, 0.25) is 5.91 Å². The number of benzene rings is 1. The number of amides is 1. The molecule has 0 saturated carbocycles. The second kappa shape index (κ2) is 8.18. The van der Waals surface area contributed by atoms with E-state index in [1.165, 1.54) is 6.07 Å². The lowest BCUT2D eigenvalue weighted by Crippen LogP contribution is -2.45. The molecule has 7 nitrogen and oxygen atoms in total. The van der Waals surface area contributed by atoms with Crippen LogP contribution in [0.2, 0.25) is 0 Å². The number of rotatable bonds is 6. The molecule has 3 rings (SSSR count). The normalized spacial score (nSPS) is 14.3. The highest BCUT2D eigenvalue weighted by molar-refractivity contribution is 7.98. The Morgan fingerprint density at radius 2 is 2.08 bits per heavy atom. The molecule has 1 aliphatic rings. The van der Waals surface area contributed by atoms with E-state index >= 15 is 0 Å². The van der Waals surface area contributed by atoms with E-state index in [1.54, 1.807) is 23.9 Å². The van der Waals surface area contributed by atoms with E-state index in [0.717, 1.165) is 39.4 Å². The predicted octanol–water partition coefficient (Wildman–Crippen LogP) is 0.845. The van der Waals surface area contributed by atoms with E-state index in [9.17, 15) is 19.5 Å². The van der Waals surface area contributed by atoms with Crippen molar-refractivity contribution in [1.29, 1.82) is 0 Å². The van der Waals surface area contributed by atoms with Crippen LogP contribution in [0.5, 0.6) is 0 Å². The van der Waals surface area contributed by atoms with E-state index < -0.39 is 17.9 Å². The smallest absolute Gasteiger partial charge is 0.326 e. The number of carbonyl (C=O) groups is 2. The zero-order valence-corrected chi connectivity index (χ0v) is 14.9. The SMILES string of the molecule is O=C(Cn1nc2c(cc1=O)CSCC2)NC(Cc1ccccc1)C(=O)O. The first kappa shape index (κ1) is 18.2. The third-order valence-corrected chi connectivity index (χ3v) is 5.12. The van der Waals surface area contributed by atoms with Gasteiger partial charge in [-0.2, -0.15) is 16.9 Å². The number of aliphatic carboxylic acids is 1. The minimum absolute atomic E-state index is 0.172. The van der Waals surface area contributed by atoms with Gasteiger partial charge in [-0.15, -0.1) is 0 Å². The van der Waals surface area contributed by atoms with E-state index in [0.29, 0.717) is 0 Å². The number of hydrogen-bond donors (Lipinski definition) is 2. The summed E-state index contributed by atoms with van der Waals surface area (Å²) in [4.78, 5) is 35.8. The molecule has 2 aromatic rings. The van der Waals surface area contributed by atoms with Gasteiger partial charge in [0.15, 0.2) is 0 Å². The Bertz CT molecular complexity index is 866. The number of thioether (sulfide) groups is 1. The van der Waals surface area contributed by atoms with Crippen molar-refractivity contribution < 1.29 is 14.7 Å². The Kier molecular flexibility index (Phi) is 5.72. The van der Waals surface area contributed by atoms with Crippen molar-refractivity contribution in [2.75, 3.05) is 5.75 Å². The van der Waals surface area contributed by atoms with Crippen LogP contribution in [0.15, 0.2) is 41.2 Å². The molecule has 0 aliphatic carbocycles. The highest BCUT2D eigenvalue weighted by Gasteiger charge is 2.21. The minimum Gasteiger partial charge on any atom is -0.480 e. The lowest BCUT2D eigenvalue weighted by molar-refractivity contribution is -0.141. The Morgan fingerprint density at radius 3 is 2.81 bits per heavy atom. The van der Waals surface area contributed by atoms with Gasteiger partial charge in [0, 0.05) is 24.7 Å². The first-order valence-electron chi connectivity index (χ1n) is 8.26. The quantitative estimate of drug-likeness (QED) is 0.778. The summed E-state index contributed by atoms with van der Waals surface area (Å²) in [6.45, 7) is -0.294. The van der Waals surface area contributed by atoms with Gasteiger partial charge >= 0.3 is 5.97 Å². The van der Waals surface area contributed by atoms with Gasteiger partial charge in [-0.1, -0.05) is 30.3 Å². The van der Waals surface area contributed by atoms with Crippen molar-refractivity contribution in [3.8, 4) is 0 Å². The minimum atomic E-state index is -1.12. The predicted molar refractivity (Wildman–Crippen MR) is 98.1 cm³/mol. The summed E-state index contributed by atoms with van der Waals surface area (Å²) >= 11 is 1.75. The van der Waals surface area contributed by atoms with Crippen molar-refractivity contribution in [3.63, 3.8) is 0 Å². The number of carboxylic acids is 1. The topological polar surface area (TPSA) is 101 Å². The summed E-state index contributed by atoms with van der Waals surface area (Å²) in [6.07, 6.45) is 0.930. The monoisotopic (exact) mass is 373 g/mol. The van der Waals surface area contributed by atoms with E-state index in [2.05, 4.69) is 10.4 Å². The molecule has 1 atom stereocenters. The molecule has 2 heterocycles. The Morgan fingerprint density at radius 1 is 1.31 bits per heavy atom. The Balaban J connectivity index is 1.69. The largest absolute Gasteiger partial charge is 0.480 e. The molecule has 0 saturated heterocycles. The summed E-state index contributed by atoms with van der Waals surface area (Å²) in [5.41, 5.74) is 2.20. The number of hydrogen-bond acceptors (Lipinski definition) is 5. The zero-order valence-electron chi connectivity index (χ0n) is 14.1. The lowest BCUT2D eigenvalue weighted by Gasteiger charge is -2.17. The molecule has 0 bridgehead atoms. The molecule has 2 N–H and O–H groups in total. The van der Waals surface area contributed by atoms with E-state index in [-0.39, 0.29) is 18.5 Å². The van der Waals surface area contributed by atoms with E-state index in [1.807, 2.05) is 18.2 Å². The molecule has 26 heavy (non-hydrogen) atoms. The lowest BCUT2D eigenvalue weighted by atomic mass is 10.1. The van der Waals surface area contributed by atoms with Crippen molar-refractivity contribution >= 4 is 23.6 Å². The number of carbonyl (C=O) groups excluding carboxylic acids is 1. The van der Waals surface area contributed by atoms with Gasteiger partial charge in [-0.25, -0.2) is 9.48 Å². The van der Waals surface area contributed by atoms with Crippen LogP contribution < -0.4 is 10.9 Å². The third kappa shape index (κ3) is 4.51. The first-order valence-corrected chi connectivity index (χ1v) is 9.42. The highest BCUT2D eigenvalue weighted by atomic mass is 32.2. The summed E-state index contributed by atoms with van der Waals surface area (Å²) in [7, 11) is 0. The number of fused-ring (bicyclic) bond motifs is 1. The molecule has 1 amide bonds. The number of aryl methyl sites for hydroxylation is 1. The standard InChI is InChI=1S/C18H19N3O4S/c22-16(19-15(18(24)25)8-12-4-2-1-3-5-12)10-21-17(23)9-13-11-26-7-6-14(13)20-21/h1-5,9,15H,6-8,10-11H2,(H,19,22)(H,24,25). The summed E-state index contributed by atoms with van der Waals surface area (Å²) in [5, 5.41) is 16.1. The maximum absolute atomic E-state index is 12.3.